The van der Waals surface area contributed by atoms with Gasteiger partial charge in [0.1, 0.15) is 11.7 Å². The van der Waals surface area contributed by atoms with Gasteiger partial charge in [-0.1, -0.05) is 19.4 Å². The third-order valence-electron chi connectivity index (χ3n) is 11.4. The highest BCUT2D eigenvalue weighted by Gasteiger charge is 2.80. The standard InChI is InChI=1S/C28H40O7/c1-14(17(13-29)25(33)34)11-21(30)15(2)18-5-6-19-16-12-24-28(35-24)23(32)8-7-22(31)27(28,4)20(16)9-10-26(18,19)3/h7-8,15-16,18-21,23-24,29-30,32H,5-6,9-13H2,1-4H3,(H,33,34)/t15-,16-,18+,19-,20-,21+,23-,24+,26+,27-,28+/m0/s1. The molecule has 0 radical (unpaired) electrons. The number of aliphatic carboxylic acids is 1. The molecule has 1 aliphatic heterocycles. The number of rotatable bonds is 6. The van der Waals surface area contributed by atoms with Crippen LogP contribution >= 0.6 is 0 Å². The fraction of sp³-hybridized carbons (Fsp3) is 0.786. The molecule has 194 valence electrons. The van der Waals surface area contributed by atoms with Gasteiger partial charge in [-0.3, -0.25) is 4.79 Å². The number of carboxylic acid groups (broad SMARTS) is 1. The molecule has 0 aromatic heterocycles. The molecule has 11 atom stereocenters. The predicted molar refractivity (Wildman–Crippen MR) is 128 cm³/mol. The van der Waals surface area contributed by atoms with Gasteiger partial charge in [0.15, 0.2) is 5.78 Å². The van der Waals surface area contributed by atoms with Crippen molar-refractivity contribution < 1.29 is 34.8 Å². The monoisotopic (exact) mass is 488 g/mol. The van der Waals surface area contributed by atoms with E-state index in [4.69, 9.17) is 4.74 Å². The van der Waals surface area contributed by atoms with Gasteiger partial charge in [-0.05, 0) is 99.5 Å². The highest BCUT2D eigenvalue weighted by atomic mass is 16.6. The molecule has 0 bridgehead atoms. The van der Waals surface area contributed by atoms with E-state index in [9.17, 15) is 30.0 Å². The van der Waals surface area contributed by atoms with Gasteiger partial charge in [-0.2, -0.15) is 0 Å². The van der Waals surface area contributed by atoms with Gasteiger partial charge in [0.05, 0.1) is 29.8 Å². The van der Waals surface area contributed by atoms with Crippen LogP contribution in [0.2, 0.25) is 0 Å². The molecular formula is C28H40O7. The number of allylic oxidation sites excluding steroid dienone is 1. The molecule has 1 saturated heterocycles. The third-order valence-corrected chi connectivity index (χ3v) is 11.4. The van der Waals surface area contributed by atoms with E-state index in [0.29, 0.717) is 23.3 Å². The van der Waals surface area contributed by atoms with Crippen molar-refractivity contribution in [2.45, 2.75) is 90.1 Å². The molecule has 1 spiro atoms. The maximum atomic E-state index is 13.3. The van der Waals surface area contributed by atoms with Gasteiger partial charge >= 0.3 is 5.97 Å². The molecule has 3 saturated carbocycles. The minimum absolute atomic E-state index is 0.0123. The molecule has 35 heavy (non-hydrogen) atoms. The number of carboxylic acids is 1. The van der Waals surface area contributed by atoms with Crippen molar-refractivity contribution in [1.82, 2.24) is 0 Å². The van der Waals surface area contributed by atoms with Crippen LogP contribution in [0.15, 0.2) is 23.3 Å². The Balaban J connectivity index is 1.37. The van der Waals surface area contributed by atoms with Crippen LogP contribution in [0.1, 0.15) is 66.2 Å². The molecule has 4 aliphatic carbocycles. The zero-order valence-corrected chi connectivity index (χ0v) is 21.2. The van der Waals surface area contributed by atoms with E-state index in [0.717, 1.165) is 32.1 Å². The van der Waals surface area contributed by atoms with Gasteiger partial charge in [0.2, 0.25) is 0 Å². The van der Waals surface area contributed by atoms with Crippen LogP contribution in [0, 0.1) is 40.4 Å². The Morgan fingerprint density at radius 1 is 1.23 bits per heavy atom. The molecule has 5 rings (SSSR count). The minimum Gasteiger partial charge on any atom is -0.478 e. The first-order valence-corrected chi connectivity index (χ1v) is 13.2. The van der Waals surface area contributed by atoms with Crippen LogP contribution in [0.4, 0.5) is 0 Å². The number of aliphatic hydroxyl groups excluding tert-OH is 3. The first-order valence-electron chi connectivity index (χ1n) is 13.2. The number of ketones is 1. The summed E-state index contributed by atoms with van der Waals surface area (Å²) in [6, 6.07) is 0. The van der Waals surface area contributed by atoms with Gasteiger partial charge in [0, 0.05) is 0 Å². The summed E-state index contributed by atoms with van der Waals surface area (Å²) in [6.07, 6.45) is 6.71. The number of fused-ring (bicyclic) bond motifs is 4. The molecule has 0 amide bonds. The Labute approximate surface area is 207 Å². The van der Waals surface area contributed by atoms with Crippen LogP contribution in [0.25, 0.3) is 0 Å². The third kappa shape index (κ3) is 3.24. The van der Waals surface area contributed by atoms with E-state index >= 15 is 0 Å². The molecule has 4 fully saturated rings. The predicted octanol–water partition coefficient (Wildman–Crippen LogP) is 2.87. The van der Waals surface area contributed by atoms with Crippen molar-refractivity contribution >= 4 is 11.8 Å². The van der Waals surface area contributed by atoms with Crippen LogP contribution in [-0.4, -0.2) is 62.7 Å². The summed E-state index contributed by atoms with van der Waals surface area (Å²) in [4.78, 5) is 24.7. The Morgan fingerprint density at radius 3 is 2.60 bits per heavy atom. The first kappa shape index (κ1) is 25.1. The van der Waals surface area contributed by atoms with Crippen molar-refractivity contribution in [2.24, 2.45) is 40.4 Å². The molecule has 0 unspecified atom stereocenters. The minimum atomic E-state index is -1.14. The van der Waals surface area contributed by atoms with Gasteiger partial charge in [0.25, 0.3) is 0 Å². The summed E-state index contributed by atoms with van der Waals surface area (Å²) >= 11 is 0. The number of ether oxygens (including phenoxy) is 1. The van der Waals surface area contributed by atoms with E-state index in [1.54, 1.807) is 19.1 Å². The largest absolute Gasteiger partial charge is 0.478 e. The topological polar surface area (TPSA) is 128 Å². The fourth-order valence-corrected chi connectivity index (χ4v) is 9.37. The molecule has 7 heteroatoms. The Bertz CT molecular complexity index is 986. The average Bonchev–Trinajstić information content (AvgIpc) is 3.43. The maximum Gasteiger partial charge on any atom is 0.333 e. The van der Waals surface area contributed by atoms with Gasteiger partial charge in [-0.15, -0.1) is 0 Å². The fourth-order valence-electron chi connectivity index (χ4n) is 9.37. The molecule has 4 N–H and O–H groups in total. The summed E-state index contributed by atoms with van der Waals surface area (Å²) in [7, 11) is 0. The molecular weight excluding hydrogens is 448 g/mol. The normalized spacial score (nSPS) is 48.1. The second-order valence-electron chi connectivity index (χ2n) is 12.5. The van der Waals surface area contributed by atoms with Crippen molar-refractivity contribution in [3.8, 4) is 0 Å². The highest BCUT2D eigenvalue weighted by Crippen LogP contribution is 2.73. The summed E-state index contributed by atoms with van der Waals surface area (Å²) in [5, 5.41) is 40.7. The summed E-state index contributed by atoms with van der Waals surface area (Å²) < 4.78 is 6.20. The van der Waals surface area contributed by atoms with Crippen LogP contribution < -0.4 is 0 Å². The van der Waals surface area contributed by atoms with Gasteiger partial charge in [-0.25, -0.2) is 4.79 Å². The average molecular weight is 489 g/mol. The lowest BCUT2D eigenvalue weighted by atomic mass is 9.44. The quantitative estimate of drug-likeness (QED) is 0.334. The summed E-state index contributed by atoms with van der Waals surface area (Å²) in [6.45, 7) is 7.58. The maximum absolute atomic E-state index is 13.3. The number of epoxide rings is 1. The number of aliphatic hydroxyl groups is 3. The van der Waals surface area contributed by atoms with E-state index < -0.39 is 35.8 Å². The Hall–Kier alpha value is -1.54. The SMILES string of the molecule is CC(C[C@@H](O)[C@@H](C)[C@H]1CC[C@H]2[C@@H]3C[C@H]4O[C@]45[C@@H](O)C=CC(=O)[C@]5(C)[C@H]3CC[C@]12C)=C(CO)C(=O)O. The highest BCUT2D eigenvalue weighted by molar-refractivity contribution is 5.98. The van der Waals surface area contributed by atoms with E-state index in [1.165, 1.54) is 0 Å². The molecule has 7 nitrogen and oxygen atoms in total. The smallest absolute Gasteiger partial charge is 0.333 e. The second-order valence-corrected chi connectivity index (χ2v) is 12.5. The Kier molecular flexibility index (Phi) is 5.91. The molecule has 0 aromatic rings. The zero-order chi connectivity index (χ0) is 25.5. The van der Waals surface area contributed by atoms with E-state index in [-0.39, 0.29) is 41.1 Å². The number of carbonyl (C=O) groups is 2. The number of carbonyl (C=O) groups excluding carboxylic acids is 1. The number of hydrogen-bond acceptors (Lipinski definition) is 6. The van der Waals surface area contributed by atoms with Crippen LogP contribution in [0.3, 0.4) is 0 Å². The molecule has 0 aromatic carbocycles. The first-order chi connectivity index (χ1) is 16.4. The van der Waals surface area contributed by atoms with Crippen LogP contribution in [-0.2, 0) is 14.3 Å². The van der Waals surface area contributed by atoms with Crippen molar-refractivity contribution in [3.05, 3.63) is 23.3 Å². The summed E-state index contributed by atoms with van der Waals surface area (Å²) in [5.41, 5.74) is -0.938. The van der Waals surface area contributed by atoms with Crippen molar-refractivity contribution in [1.29, 1.82) is 0 Å². The van der Waals surface area contributed by atoms with Crippen molar-refractivity contribution in [2.75, 3.05) is 6.61 Å². The van der Waals surface area contributed by atoms with Gasteiger partial charge < -0.3 is 25.2 Å². The second kappa shape index (κ2) is 8.23. The Morgan fingerprint density at radius 2 is 1.94 bits per heavy atom. The lowest BCUT2D eigenvalue weighted by Crippen LogP contribution is -2.63. The number of hydrogen-bond donors (Lipinski definition) is 4. The summed E-state index contributed by atoms with van der Waals surface area (Å²) in [5.74, 6) is 0.191. The van der Waals surface area contributed by atoms with E-state index in [2.05, 4.69) is 13.8 Å². The molecule has 1 heterocycles. The van der Waals surface area contributed by atoms with Crippen LogP contribution in [0.5, 0.6) is 0 Å². The molecule has 5 aliphatic rings. The zero-order valence-electron chi connectivity index (χ0n) is 21.2. The van der Waals surface area contributed by atoms with Crippen molar-refractivity contribution in [3.63, 3.8) is 0 Å². The van der Waals surface area contributed by atoms with E-state index in [1.807, 2.05) is 6.92 Å². The lowest BCUT2D eigenvalue weighted by molar-refractivity contribution is -0.151. The lowest BCUT2D eigenvalue weighted by Gasteiger charge is -2.58.